The quantitative estimate of drug-likeness (QED) is 0.864. The van der Waals surface area contributed by atoms with Crippen LogP contribution in [0.5, 0.6) is 5.75 Å². The number of nitrogens with zero attached hydrogens (tertiary/aromatic N) is 3. The number of amides is 2. The minimum atomic E-state index is -0.581. The van der Waals surface area contributed by atoms with Crippen LogP contribution in [0.1, 0.15) is 20.7 Å². The molecule has 0 unspecified atom stereocenters. The summed E-state index contributed by atoms with van der Waals surface area (Å²) in [5.74, 6) is -0.0766. The first-order chi connectivity index (χ1) is 12.0. The minimum absolute atomic E-state index is 0.0648. The number of carbonyl (C=O) groups is 2. The summed E-state index contributed by atoms with van der Waals surface area (Å²) >= 11 is 6.20. The van der Waals surface area contributed by atoms with E-state index < -0.39 is 5.91 Å². The van der Waals surface area contributed by atoms with E-state index in [9.17, 15) is 14.7 Å². The number of halogens is 1. The van der Waals surface area contributed by atoms with Crippen molar-refractivity contribution in [3.63, 3.8) is 0 Å². The molecule has 0 spiro atoms. The van der Waals surface area contributed by atoms with Crippen LogP contribution in [-0.4, -0.2) is 53.0 Å². The molecule has 3 N–H and O–H groups in total. The number of aromatic nitrogens is 1. The van der Waals surface area contributed by atoms with E-state index in [2.05, 4.69) is 4.98 Å². The Kier molecular flexibility index (Phi) is 4.76. The summed E-state index contributed by atoms with van der Waals surface area (Å²) in [6, 6.07) is 7.79. The number of primary amides is 1. The van der Waals surface area contributed by atoms with Gasteiger partial charge in [-0.05, 0) is 24.3 Å². The summed E-state index contributed by atoms with van der Waals surface area (Å²) in [7, 11) is 0. The fourth-order valence-corrected chi connectivity index (χ4v) is 3.03. The van der Waals surface area contributed by atoms with Crippen molar-refractivity contribution in [3.8, 4) is 5.75 Å². The van der Waals surface area contributed by atoms with Crippen LogP contribution >= 0.6 is 11.6 Å². The second kappa shape index (κ2) is 6.98. The van der Waals surface area contributed by atoms with Gasteiger partial charge in [0.1, 0.15) is 11.6 Å². The van der Waals surface area contributed by atoms with E-state index in [1.165, 1.54) is 24.4 Å². The third-order valence-corrected chi connectivity index (χ3v) is 4.34. The number of rotatable bonds is 3. The van der Waals surface area contributed by atoms with Crippen LogP contribution in [0.4, 0.5) is 5.82 Å². The second-order valence-electron chi connectivity index (χ2n) is 5.72. The smallest absolute Gasteiger partial charge is 0.254 e. The van der Waals surface area contributed by atoms with Crippen LogP contribution in [0.3, 0.4) is 0 Å². The van der Waals surface area contributed by atoms with E-state index in [1.807, 2.05) is 4.90 Å². The number of carbonyl (C=O) groups excluding carboxylic acids is 2. The predicted octanol–water partition coefficient (Wildman–Crippen LogP) is 1.50. The second-order valence-corrected chi connectivity index (χ2v) is 6.13. The first kappa shape index (κ1) is 17.0. The third-order valence-electron chi connectivity index (χ3n) is 4.07. The highest BCUT2D eigenvalue weighted by atomic mass is 35.5. The Morgan fingerprint density at radius 2 is 1.84 bits per heavy atom. The van der Waals surface area contributed by atoms with E-state index in [1.54, 1.807) is 17.0 Å². The molecular weight excluding hydrogens is 344 g/mol. The monoisotopic (exact) mass is 360 g/mol. The predicted molar refractivity (Wildman–Crippen MR) is 94.0 cm³/mol. The number of nitrogens with two attached hydrogens (primary N) is 1. The normalized spacial score (nSPS) is 14.4. The minimum Gasteiger partial charge on any atom is -0.508 e. The van der Waals surface area contributed by atoms with Gasteiger partial charge in [0.2, 0.25) is 5.91 Å². The molecule has 130 valence electrons. The van der Waals surface area contributed by atoms with Gasteiger partial charge in [0.15, 0.2) is 0 Å². The van der Waals surface area contributed by atoms with E-state index in [-0.39, 0.29) is 17.2 Å². The number of hydrogen-bond acceptors (Lipinski definition) is 5. The molecule has 1 aliphatic rings. The van der Waals surface area contributed by atoms with E-state index >= 15 is 0 Å². The number of aromatic hydroxyl groups is 1. The molecule has 2 heterocycles. The van der Waals surface area contributed by atoms with Crippen LogP contribution in [0, 0.1) is 0 Å². The van der Waals surface area contributed by atoms with Crippen molar-refractivity contribution in [3.05, 3.63) is 52.7 Å². The van der Waals surface area contributed by atoms with Crippen LogP contribution in [0.25, 0.3) is 0 Å². The molecule has 2 amide bonds. The Bertz CT molecular complexity index is 819. The Morgan fingerprint density at radius 3 is 2.44 bits per heavy atom. The summed E-state index contributed by atoms with van der Waals surface area (Å²) in [6.07, 6.45) is 1.40. The van der Waals surface area contributed by atoms with Gasteiger partial charge in [0, 0.05) is 37.9 Å². The fourth-order valence-electron chi connectivity index (χ4n) is 2.74. The zero-order valence-electron chi connectivity index (χ0n) is 13.4. The van der Waals surface area contributed by atoms with Gasteiger partial charge >= 0.3 is 0 Å². The number of piperazine rings is 1. The first-order valence-electron chi connectivity index (χ1n) is 7.74. The van der Waals surface area contributed by atoms with Crippen LogP contribution in [-0.2, 0) is 0 Å². The van der Waals surface area contributed by atoms with Gasteiger partial charge in [-0.1, -0.05) is 17.7 Å². The molecule has 0 bridgehead atoms. The SMILES string of the molecule is NC(=O)c1cnc(N2CCN(C(=O)c3cccc(O)c3)CC2)c(Cl)c1. The lowest BCUT2D eigenvalue weighted by Crippen LogP contribution is -2.49. The molecule has 0 radical (unpaired) electrons. The molecule has 2 aromatic rings. The van der Waals surface area contributed by atoms with Crippen molar-refractivity contribution in [1.29, 1.82) is 0 Å². The maximum Gasteiger partial charge on any atom is 0.254 e. The molecule has 1 fully saturated rings. The number of phenolic OH excluding ortho intramolecular Hbond substituents is 1. The van der Waals surface area contributed by atoms with E-state index in [0.29, 0.717) is 42.6 Å². The summed E-state index contributed by atoms with van der Waals surface area (Å²) in [5.41, 5.74) is 5.93. The highest BCUT2D eigenvalue weighted by molar-refractivity contribution is 6.33. The Balaban J connectivity index is 1.68. The Labute approximate surface area is 149 Å². The van der Waals surface area contributed by atoms with Gasteiger partial charge in [0.05, 0.1) is 10.6 Å². The molecule has 25 heavy (non-hydrogen) atoms. The highest BCUT2D eigenvalue weighted by Crippen LogP contribution is 2.25. The molecule has 8 heteroatoms. The molecule has 3 rings (SSSR count). The lowest BCUT2D eigenvalue weighted by atomic mass is 10.1. The van der Waals surface area contributed by atoms with Crippen molar-refractivity contribution in [2.75, 3.05) is 31.1 Å². The molecular formula is C17H17ClN4O3. The lowest BCUT2D eigenvalue weighted by Gasteiger charge is -2.35. The molecule has 0 saturated carbocycles. The maximum atomic E-state index is 12.5. The Hall–Kier alpha value is -2.80. The van der Waals surface area contributed by atoms with Crippen molar-refractivity contribution < 1.29 is 14.7 Å². The van der Waals surface area contributed by atoms with E-state index in [4.69, 9.17) is 17.3 Å². The summed E-state index contributed by atoms with van der Waals surface area (Å²) in [6.45, 7) is 2.13. The zero-order valence-corrected chi connectivity index (χ0v) is 14.1. The molecule has 7 nitrogen and oxygen atoms in total. The summed E-state index contributed by atoms with van der Waals surface area (Å²) in [5, 5.41) is 9.86. The van der Waals surface area contributed by atoms with Gasteiger partial charge in [0.25, 0.3) is 5.91 Å². The van der Waals surface area contributed by atoms with Crippen LogP contribution < -0.4 is 10.6 Å². The largest absolute Gasteiger partial charge is 0.508 e. The van der Waals surface area contributed by atoms with Gasteiger partial charge in [-0.3, -0.25) is 9.59 Å². The van der Waals surface area contributed by atoms with Gasteiger partial charge in [-0.2, -0.15) is 0 Å². The number of phenols is 1. The molecule has 0 atom stereocenters. The first-order valence-corrected chi connectivity index (χ1v) is 8.12. The number of hydrogen-bond donors (Lipinski definition) is 2. The molecule has 1 aromatic carbocycles. The Morgan fingerprint density at radius 1 is 1.12 bits per heavy atom. The lowest BCUT2D eigenvalue weighted by molar-refractivity contribution is 0.0746. The fraction of sp³-hybridized carbons (Fsp3) is 0.235. The molecule has 1 saturated heterocycles. The summed E-state index contributed by atoms with van der Waals surface area (Å²) in [4.78, 5) is 31.5. The number of anilines is 1. The van der Waals surface area contributed by atoms with Crippen molar-refractivity contribution in [2.45, 2.75) is 0 Å². The topological polar surface area (TPSA) is 99.8 Å². The van der Waals surface area contributed by atoms with Crippen molar-refractivity contribution in [1.82, 2.24) is 9.88 Å². The van der Waals surface area contributed by atoms with E-state index in [0.717, 1.165) is 0 Å². The van der Waals surface area contributed by atoms with Crippen molar-refractivity contribution >= 4 is 29.2 Å². The average Bonchev–Trinajstić information content (AvgIpc) is 2.61. The van der Waals surface area contributed by atoms with Gasteiger partial charge < -0.3 is 20.6 Å². The van der Waals surface area contributed by atoms with Crippen LogP contribution in [0.15, 0.2) is 36.5 Å². The number of benzene rings is 1. The molecule has 1 aliphatic heterocycles. The zero-order chi connectivity index (χ0) is 18.0. The standard InChI is InChI=1S/C17H17ClN4O3/c18-14-9-12(15(19)24)10-20-16(14)21-4-6-22(7-5-21)17(25)11-2-1-3-13(23)8-11/h1-3,8-10,23H,4-7H2,(H2,19,24). The third kappa shape index (κ3) is 3.66. The average molecular weight is 361 g/mol. The van der Waals surface area contributed by atoms with Crippen LogP contribution in [0.2, 0.25) is 5.02 Å². The summed E-state index contributed by atoms with van der Waals surface area (Å²) < 4.78 is 0. The maximum absolute atomic E-state index is 12.5. The molecule has 1 aromatic heterocycles. The number of pyridine rings is 1. The van der Waals surface area contributed by atoms with Gasteiger partial charge in [-0.15, -0.1) is 0 Å². The molecule has 0 aliphatic carbocycles. The van der Waals surface area contributed by atoms with Gasteiger partial charge in [-0.25, -0.2) is 4.98 Å². The highest BCUT2D eigenvalue weighted by Gasteiger charge is 2.24. The van der Waals surface area contributed by atoms with Crippen molar-refractivity contribution in [2.24, 2.45) is 5.73 Å².